The van der Waals surface area contributed by atoms with Crippen molar-refractivity contribution in [3.8, 4) is 0 Å². The molecule has 2 heterocycles. The maximum Gasteiger partial charge on any atom is 0.253 e. The van der Waals surface area contributed by atoms with E-state index < -0.39 is 6.10 Å². The molecule has 1 fully saturated rings. The molecule has 1 unspecified atom stereocenters. The minimum atomic E-state index is -0.516. The van der Waals surface area contributed by atoms with Crippen LogP contribution in [0.1, 0.15) is 26.2 Å². The summed E-state index contributed by atoms with van der Waals surface area (Å²) in [5, 5.41) is 2.91. The van der Waals surface area contributed by atoms with Gasteiger partial charge in [-0.1, -0.05) is 6.08 Å². The molecule has 1 saturated heterocycles. The summed E-state index contributed by atoms with van der Waals surface area (Å²) in [6.07, 6.45) is 8.22. The van der Waals surface area contributed by atoms with Gasteiger partial charge < -0.3 is 15.0 Å². The molecule has 114 valence electrons. The Bertz CT molecular complexity index is 484. The largest absolute Gasteiger partial charge is 0.370 e. The SMILES string of the molecule is C=CCOC(C)C(=O)Nc1cnccc1N1CCCCC1. The maximum absolute atomic E-state index is 12.1. The Balaban J connectivity index is 2.05. The molecule has 2 rings (SSSR count). The third-order valence-electron chi connectivity index (χ3n) is 3.59. The first kappa shape index (κ1) is 15.5. The molecule has 1 aliphatic heterocycles. The van der Waals surface area contributed by atoms with Gasteiger partial charge in [0.1, 0.15) is 6.10 Å². The Morgan fingerprint density at radius 3 is 3.00 bits per heavy atom. The van der Waals surface area contributed by atoms with E-state index in [0.29, 0.717) is 6.61 Å². The van der Waals surface area contributed by atoms with Crippen LogP contribution in [0.2, 0.25) is 0 Å². The summed E-state index contributed by atoms with van der Waals surface area (Å²) in [4.78, 5) is 18.6. The number of hydrogen-bond donors (Lipinski definition) is 1. The van der Waals surface area contributed by atoms with Gasteiger partial charge in [0, 0.05) is 19.3 Å². The van der Waals surface area contributed by atoms with E-state index in [-0.39, 0.29) is 5.91 Å². The second-order valence-corrected chi connectivity index (χ2v) is 5.19. The van der Waals surface area contributed by atoms with Crippen LogP contribution in [0.4, 0.5) is 11.4 Å². The molecule has 1 N–H and O–H groups in total. The second-order valence-electron chi connectivity index (χ2n) is 5.19. The first-order valence-electron chi connectivity index (χ1n) is 7.44. The Morgan fingerprint density at radius 1 is 1.52 bits per heavy atom. The summed E-state index contributed by atoms with van der Waals surface area (Å²) >= 11 is 0. The molecular formula is C16H23N3O2. The normalized spacial score (nSPS) is 16.3. The minimum absolute atomic E-state index is 0.164. The number of carbonyl (C=O) groups is 1. The fourth-order valence-electron chi connectivity index (χ4n) is 2.42. The van der Waals surface area contributed by atoms with Gasteiger partial charge in [0.05, 0.1) is 24.2 Å². The second kappa shape index (κ2) is 7.78. The molecule has 21 heavy (non-hydrogen) atoms. The van der Waals surface area contributed by atoms with Gasteiger partial charge >= 0.3 is 0 Å². The number of anilines is 2. The summed E-state index contributed by atoms with van der Waals surface area (Å²) in [5.74, 6) is -0.164. The number of hydrogen-bond acceptors (Lipinski definition) is 4. The Hall–Kier alpha value is -1.88. The number of ether oxygens (including phenoxy) is 1. The van der Waals surface area contributed by atoms with Crippen molar-refractivity contribution in [2.75, 3.05) is 29.9 Å². The molecule has 1 amide bonds. The van der Waals surface area contributed by atoms with E-state index in [2.05, 4.69) is 21.8 Å². The van der Waals surface area contributed by atoms with Gasteiger partial charge in [0.2, 0.25) is 0 Å². The number of piperidine rings is 1. The maximum atomic E-state index is 12.1. The van der Waals surface area contributed by atoms with E-state index in [1.807, 2.05) is 6.07 Å². The molecule has 1 aliphatic rings. The minimum Gasteiger partial charge on any atom is -0.370 e. The summed E-state index contributed by atoms with van der Waals surface area (Å²) in [6.45, 7) is 7.72. The van der Waals surface area contributed by atoms with Crippen LogP contribution in [0, 0.1) is 0 Å². The zero-order valence-electron chi connectivity index (χ0n) is 12.5. The van der Waals surface area contributed by atoms with Gasteiger partial charge in [-0.2, -0.15) is 0 Å². The number of nitrogens with zero attached hydrogens (tertiary/aromatic N) is 2. The van der Waals surface area contributed by atoms with Crippen molar-refractivity contribution in [3.63, 3.8) is 0 Å². The summed E-state index contributed by atoms with van der Waals surface area (Å²) in [7, 11) is 0. The van der Waals surface area contributed by atoms with Gasteiger partial charge in [-0.05, 0) is 32.3 Å². The number of nitrogens with one attached hydrogen (secondary N) is 1. The van der Waals surface area contributed by atoms with E-state index in [9.17, 15) is 4.79 Å². The average molecular weight is 289 g/mol. The highest BCUT2D eigenvalue weighted by Gasteiger charge is 2.18. The lowest BCUT2D eigenvalue weighted by atomic mass is 10.1. The highest BCUT2D eigenvalue weighted by atomic mass is 16.5. The lowest BCUT2D eigenvalue weighted by Crippen LogP contribution is -2.32. The van der Waals surface area contributed by atoms with Gasteiger partial charge in [0.15, 0.2) is 0 Å². The number of pyridine rings is 1. The summed E-state index contributed by atoms with van der Waals surface area (Å²) < 4.78 is 5.35. The standard InChI is InChI=1S/C16H23N3O2/c1-3-11-21-13(2)16(20)18-14-12-17-8-7-15(14)19-9-5-4-6-10-19/h3,7-8,12-13H,1,4-6,9-11H2,2H3,(H,18,20). The third kappa shape index (κ3) is 4.29. The fraction of sp³-hybridized carbons (Fsp3) is 0.500. The highest BCUT2D eigenvalue weighted by Crippen LogP contribution is 2.27. The molecule has 1 atom stereocenters. The van der Waals surface area contributed by atoms with E-state index in [4.69, 9.17) is 4.74 Å². The van der Waals surface area contributed by atoms with Gasteiger partial charge in [-0.25, -0.2) is 0 Å². The average Bonchev–Trinajstić information content (AvgIpc) is 2.54. The molecule has 5 heteroatoms. The third-order valence-corrected chi connectivity index (χ3v) is 3.59. The molecule has 0 bridgehead atoms. The van der Waals surface area contributed by atoms with Crippen LogP contribution in [0.3, 0.4) is 0 Å². The van der Waals surface area contributed by atoms with Crippen LogP contribution in [0.5, 0.6) is 0 Å². The van der Waals surface area contributed by atoms with Crippen LogP contribution >= 0.6 is 0 Å². The predicted octanol–water partition coefficient (Wildman–Crippen LogP) is 2.60. The molecule has 0 saturated carbocycles. The monoisotopic (exact) mass is 289 g/mol. The molecule has 1 aromatic heterocycles. The highest BCUT2D eigenvalue weighted by molar-refractivity contribution is 5.96. The molecule has 0 radical (unpaired) electrons. The number of aromatic nitrogens is 1. The fourth-order valence-corrected chi connectivity index (χ4v) is 2.42. The smallest absolute Gasteiger partial charge is 0.253 e. The van der Waals surface area contributed by atoms with E-state index in [1.54, 1.807) is 25.4 Å². The van der Waals surface area contributed by atoms with Crippen molar-refractivity contribution in [3.05, 3.63) is 31.1 Å². The predicted molar refractivity (Wildman–Crippen MR) is 84.5 cm³/mol. The quantitative estimate of drug-likeness (QED) is 0.818. The molecule has 0 aliphatic carbocycles. The first-order chi connectivity index (χ1) is 10.2. The van der Waals surface area contributed by atoms with Crippen LogP contribution in [-0.4, -0.2) is 36.7 Å². The van der Waals surface area contributed by atoms with Crippen LogP contribution in [0.25, 0.3) is 0 Å². The van der Waals surface area contributed by atoms with Crippen LogP contribution in [-0.2, 0) is 9.53 Å². The van der Waals surface area contributed by atoms with Crippen molar-refractivity contribution in [2.45, 2.75) is 32.3 Å². The molecule has 1 aromatic rings. The lowest BCUT2D eigenvalue weighted by Gasteiger charge is -2.30. The number of carbonyl (C=O) groups excluding carboxylic acids is 1. The molecule has 0 spiro atoms. The van der Waals surface area contributed by atoms with Crippen molar-refractivity contribution >= 4 is 17.3 Å². The van der Waals surface area contributed by atoms with Crippen LogP contribution < -0.4 is 10.2 Å². The first-order valence-corrected chi connectivity index (χ1v) is 7.44. The lowest BCUT2D eigenvalue weighted by molar-refractivity contribution is -0.125. The van der Waals surface area contributed by atoms with Crippen molar-refractivity contribution < 1.29 is 9.53 Å². The van der Waals surface area contributed by atoms with Gasteiger partial charge in [0.25, 0.3) is 5.91 Å². The zero-order valence-corrected chi connectivity index (χ0v) is 12.5. The topological polar surface area (TPSA) is 54.5 Å². The van der Waals surface area contributed by atoms with E-state index in [0.717, 1.165) is 24.5 Å². The van der Waals surface area contributed by atoms with Crippen molar-refractivity contribution in [1.82, 2.24) is 4.98 Å². The number of amides is 1. The number of rotatable bonds is 6. The molecule has 5 nitrogen and oxygen atoms in total. The Labute approximate surface area is 126 Å². The molecular weight excluding hydrogens is 266 g/mol. The Kier molecular flexibility index (Phi) is 5.75. The van der Waals surface area contributed by atoms with Gasteiger partial charge in [-0.15, -0.1) is 6.58 Å². The van der Waals surface area contributed by atoms with Gasteiger partial charge in [-0.3, -0.25) is 9.78 Å². The van der Waals surface area contributed by atoms with E-state index >= 15 is 0 Å². The molecule has 0 aromatic carbocycles. The summed E-state index contributed by atoms with van der Waals surface area (Å²) in [5.41, 5.74) is 1.78. The van der Waals surface area contributed by atoms with Crippen molar-refractivity contribution in [2.24, 2.45) is 0 Å². The van der Waals surface area contributed by atoms with E-state index in [1.165, 1.54) is 19.3 Å². The zero-order chi connectivity index (χ0) is 15.1. The van der Waals surface area contributed by atoms with Crippen LogP contribution in [0.15, 0.2) is 31.1 Å². The van der Waals surface area contributed by atoms with Crippen molar-refractivity contribution in [1.29, 1.82) is 0 Å². The summed E-state index contributed by atoms with van der Waals surface area (Å²) in [6, 6.07) is 1.95. The Morgan fingerprint density at radius 2 is 2.29 bits per heavy atom.